The first-order valence-corrected chi connectivity index (χ1v) is 7.72. The molecule has 100 valence electrons. The first kappa shape index (κ1) is 13.6. The minimum Gasteiger partial charge on any atom is -0.360 e. The SMILES string of the molecule is Cc1cc(Br)cc(C(=O)c2c[nH]c3cc(Br)ccc23)c1. The maximum absolute atomic E-state index is 12.7. The average Bonchev–Trinajstić information content (AvgIpc) is 2.79. The van der Waals surface area contributed by atoms with Crippen LogP contribution in [0.15, 0.2) is 51.5 Å². The number of fused-ring (bicyclic) bond motifs is 1. The van der Waals surface area contributed by atoms with Crippen molar-refractivity contribution < 1.29 is 4.79 Å². The van der Waals surface area contributed by atoms with E-state index in [0.29, 0.717) is 11.1 Å². The standard InChI is InChI=1S/C16H11Br2NO/c1-9-4-10(6-12(18)5-9)16(20)14-8-19-15-7-11(17)2-3-13(14)15/h2-8,19H,1H3. The van der Waals surface area contributed by atoms with Crippen molar-refractivity contribution in [2.24, 2.45) is 0 Å². The summed E-state index contributed by atoms with van der Waals surface area (Å²) in [6.07, 6.45) is 1.77. The van der Waals surface area contributed by atoms with Gasteiger partial charge in [0.05, 0.1) is 0 Å². The Bertz CT molecular complexity index is 800. The smallest absolute Gasteiger partial charge is 0.195 e. The second-order valence-corrected chi connectivity index (χ2v) is 6.57. The van der Waals surface area contributed by atoms with Gasteiger partial charge in [-0.2, -0.15) is 0 Å². The Morgan fingerprint density at radius 2 is 1.85 bits per heavy atom. The highest BCUT2D eigenvalue weighted by atomic mass is 79.9. The van der Waals surface area contributed by atoms with E-state index in [1.165, 1.54) is 0 Å². The molecule has 0 aliphatic carbocycles. The molecule has 0 spiro atoms. The molecule has 0 fully saturated rings. The fourth-order valence-electron chi connectivity index (χ4n) is 2.31. The van der Waals surface area contributed by atoms with Crippen LogP contribution in [0.4, 0.5) is 0 Å². The Hall–Kier alpha value is -1.39. The van der Waals surface area contributed by atoms with Gasteiger partial charge >= 0.3 is 0 Å². The zero-order valence-corrected chi connectivity index (χ0v) is 13.9. The summed E-state index contributed by atoms with van der Waals surface area (Å²) in [5, 5.41) is 0.941. The molecule has 1 aromatic heterocycles. The minimum atomic E-state index is 0.0305. The van der Waals surface area contributed by atoms with E-state index in [9.17, 15) is 4.79 Å². The van der Waals surface area contributed by atoms with Gasteiger partial charge in [0.1, 0.15) is 0 Å². The molecule has 0 radical (unpaired) electrons. The Labute approximate surface area is 133 Å². The summed E-state index contributed by atoms with van der Waals surface area (Å²) < 4.78 is 1.91. The molecule has 20 heavy (non-hydrogen) atoms. The van der Waals surface area contributed by atoms with Crippen LogP contribution in [0, 0.1) is 6.92 Å². The summed E-state index contributed by atoms with van der Waals surface area (Å²) in [5.41, 5.74) is 3.41. The highest BCUT2D eigenvalue weighted by Gasteiger charge is 2.15. The predicted molar refractivity (Wildman–Crippen MR) is 88.3 cm³/mol. The molecule has 1 N–H and O–H groups in total. The van der Waals surface area contributed by atoms with Gasteiger partial charge in [-0.15, -0.1) is 0 Å². The summed E-state index contributed by atoms with van der Waals surface area (Å²) in [5.74, 6) is 0.0305. The Morgan fingerprint density at radius 1 is 1.05 bits per heavy atom. The number of ketones is 1. The van der Waals surface area contributed by atoms with E-state index in [1.54, 1.807) is 6.20 Å². The van der Waals surface area contributed by atoms with Gasteiger partial charge in [-0.25, -0.2) is 0 Å². The number of hydrogen-bond acceptors (Lipinski definition) is 1. The second kappa shape index (κ2) is 5.19. The molecular formula is C16H11Br2NO. The van der Waals surface area contributed by atoms with E-state index in [4.69, 9.17) is 0 Å². The molecule has 3 aromatic rings. The number of H-pyrrole nitrogens is 1. The number of carbonyl (C=O) groups is 1. The molecule has 0 aliphatic rings. The van der Waals surface area contributed by atoms with Crippen molar-refractivity contribution in [1.29, 1.82) is 0 Å². The monoisotopic (exact) mass is 391 g/mol. The summed E-state index contributed by atoms with van der Waals surface area (Å²) >= 11 is 6.87. The molecule has 4 heteroatoms. The quantitative estimate of drug-likeness (QED) is 0.595. The lowest BCUT2D eigenvalue weighted by atomic mass is 10.0. The topological polar surface area (TPSA) is 32.9 Å². The van der Waals surface area contributed by atoms with Gasteiger partial charge in [0.25, 0.3) is 0 Å². The molecule has 1 heterocycles. The number of nitrogens with one attached hydrogen (secondary N) is 1. The normalized spacial score (nSPS) is 10.9. The van der Waals surface area contributed by atoms with Crippen molar-refractivity contribution >= 4 is 48.5 Å². The summed E-state index contributed by atoms with van der Waals surface area (Å²) in [6, 6.07) is 11.6. The first-order chi connectivity index (χ1) is 9.54. The van der Waals surface area contributed by atoms with Crippen molar-refractivity contribution in [3.8, 4) is 0 Å². The Kier molecular flexibility index (Phi) is 3.52. The maximum Gasteiger partial charge on any atom is 0.195 e. The molecule has 0 unspecified atom stereocenters. The fourth-order valence-corrected chi connectivity index (χ4v) is 3.28. The van der Waals surface area contributed by atoms with Crippen LogP contribution in [0.3, 0.4) is 0 Å². The van der Waals surface area contributed by atoms with Gasteiger partial charge in [-0.1, -0.05) is 37.9 Å². The molecular weight excluding hydrogens is 382 g/mol. The largest absolute Gasteiger partial charge is 0.360 e. The molecule has 2 aromatic carbocycles. The lowest BCUT2D eigenvalue weighted by Gasteiger charge is -2.03. The number of hydrogen-bond donors (Lipinski definition) is 1. The van der Waals surface area contributed by atoms with Crippen LogP contribution in [0.2, 0.25) is 0 Å². The molecule has 0 saturated carbocycles. The van der Waals surface area contributed by atoms with Crippen LogP contribution in [-0.2, 0) is 0 Å². The number of aryl methyl sites for hydroxylation is 1. The molecule has 0 saturated heterocycles. The first-order valence-electron chi connectivity index (χ1n) is 6.13. The molecule has 2 nitrogen and oxygen atoms in total. The molecule has 0 bridgehead atoms. The number of benzene rings is 2. The van der Waals surface area contributed by atoms with E-state index >= 15 is 0 Å². The van der Waals surface area contributed by atoms with Crippen LogP contribution in [-0.4, -0.2) is 10.8 Å². The lowest BCUT2D eigenvalue weighted by molar-refractivity contribution is 0.104. The molecule has 3 rings (SSSR count). The van der Waals surface area contributed by atoms with Gasteiger partial charge in [-0.05, 0) is 42.8 Å². The van der Waals surface area contributed by atoms with Crippen molar-refractivity contribution in [3.63, 3.8) is 0 Å². The van der Waals surface area contributed by atoms with Gasteiger partial charge < -0.3 is 4.98 Å². The van der Waals surface area contributed by atoms with Crippen LogP contribution < -0.4 is 0 Å². The van der Waals surface area contributed by atoms with E-state index in [2.05, 4.69) is 36.8 Å². The van der Waals surface area contributed by atoms with Gasteiger partial charge in [-0.3, -0.25) is 4.79 Å². The van der Waals surface area contributed by atoms with E-state index in [-0.39, 0.29) is 5.78 Å². The molecule has 0 aliphatic heterocycles. The number of carbonyl (C=O) groups excluding carboxylic acids is 1. The van der Waals surface area contributed by atoms with Crippen molar-refractivity contribution in [1.82, 2.24) is 4.98 Å². The van der Waals surface area contributed by atoms with E-state index in [1.807, 2.05) is 43.3 Å². The van der Waals surface area contributed by atoms with Crippen molar-refractivity contribution in [2.45, 2.75) is 6.92 Å². The second-order valence-electron chi connectivity index (χ2n) is 4.74. The Balaban J connectivity index is 2.12. The predicted octanol–water partition coefficient (Wildman–Crippen LogP) is 5.23. The van der Waals surface area contributed by atoms with Crippen LogP contribution >= 0.6 is 31.9 Å². The Morgan fingerprint density at radius 3 is 2.60 bits per heavy atom. The van der Waals surface area contributed by atoms with E-state index < -0.39 is 0 Å². The summed E-state index contributed by atoms with van der Waals surface area (Å²) in [4.78, 5) is 15.8. The highest BCUT2D eigenvalue weighted by Crippen LogP contribution is 2.25. The zero-order valence-electron chi connectivity index (χ0n) is 10.7. The van der Waals surface area contributed by atoms with Gasteiger partial charge in [0, 0.05) is 37.2 Å². The van der Waals surface area contributed by atoms with Gasteiger partial charge in [0.2, 0.25) is 0 Å². The van der Waals surface area contributed by atoms with Crippen molar-refractivity contribution in [3.05, 3.63) is 68.2 Å². The number of aromatic amines is 1. The number of aromatic nitrogens is 1. The lowest BCUT2D eigenvalue weighted by Crippen LogP contribution is -2.00. The third-order valence-corrected chi connectivity index (χ3v) is 4.14. The highest BCUT2D eigenvalue weighted by molar-refractivity contribution is 9.10. The summed E-state index contributed by atoms with van der Waals surface area (Å²) in [7, 11) is 0. The van der Waals surface area contributed by atoms with Crippen LogP contribution in [0.1, 0.15) is 21.5 Å². The third-order valence-electron chi connectivity index (χ3n) is 3.19. The zero-order chi connectivity index (χ0) is 14.3. The van der Waals surface area contributed by atoms with Crippen molar-refractivity contribution in [2.75, 3.05) is 0 Å². The number of rotatable bonds is 2. The summed E-state index contributed by atoms with van der Waals surface area (Å²) in [6.45, 7) is 1.98. The molecule has 0 atom stereocenters. The van der Waals surface area contributed by atoms with Crippen LogP contribution in [0.5, 0.6) is 0 Å². The van der Waals surface area contributed by atoms with Crippen LogP contribution in [0.25, 0.3) is 10.9 Å². The fraction of sp³-hybridized carbons (Fsp3) is 0.0625. The minimum absolute atomic E-state index is 0.0305. The third kappa shape index (κ3) is 2.45. The number of halogens is 2. The average molecular weight is 393 g/mol. The molecule has 0 amide bonds. The van der Waals surface area contributed by atoms with Gasteiger partial charge in [0.15, 0.2) is 5.78 Å². The maximum atomic E-state index is 12.7. The van der Waals surface area contributed by atoms with E-state index in [0.717, 1.165) is 25.4 Å².